The lowest BCUT2D eigenvalue weighted by atomic mass is 10.1. The third kappa shape index (κ3) is 5.40. The zero-order chi connectivity index (χ0) is 26.7. The lowest BCUT2D eigenvalue weighted by molar-refractivity contribution is 0.103. The summed E-state index contributed by atoms with van der Waals surface area (Å²) in [6, 6.07) is 23.9. The molecule has 1 aliphatic rings. The summed E-state index contributed by atoms with van der Waals surface area (Å²) in [5.74, 6) is -1.15. The minimum atomic E-state index is -4.08. The zero-order valence-corrected chi connectivity index (χ0v) is 20.8. The summed E-state index contributed by atoms with van der Waals surface area (Å²) in [5, 5.41) is 0. The average molecular weight is 532 g/mol. The van der Waals surface area contributed by atoms with Crippen LogP contribution in [0.4, 0.5) is 20.6 Å². The Labute approximate surface area is 218 Å². The highest BCUT2D eigenvalue weighted by Crippen LogP contribution is 2.27. The molecule has 1 saturated heterocycles. The van der Waals surface area contributed by atoms with Crippen LogP contribution in [0.2, 0.25) is 0 Å². The molecule has 10 heteroatoms. The number of benzene rings is 3. The number of halogens is 1. The van der Waals surface area contributed by atoms with Gasteiger partial charge in [0.15, 0.2) is 0 Å². The molecular weight excluding hydrogens is 509 g/mol. The summed E-state index contributed by atoms with van der Waals surface area (Å²) in [5.41, 5.74) is 1.65. The Morgan fingerprint density at radius 1 is 0.974 bits per heavy atom. The fourth-order valence-corrected chi connectivity index (χ4v) is 5.22. The SMILES string of the molecule is O=C(c1ccc(F)cn1)c1ccccc1NS(=O)(=O)c1ccc(N2CC(Cc3ccccc3)OC2=O)cc1. The van der Waals surface area contributed by atoms with E-state index in [2.05, 4.69) is 9.71 Å². The first-order valence-corrected chi connectivity index (χ1v) is 13.2. The van der Waals surface area contributed by atoms with Crippen molar-refractivity contribution >= 4 is 33.3 Å². The maximum absolute atomic E-state index is 13.2. The number of nitrogens with zero attached hydrogens (tertiary/aromatic N) is 2. The van der Waals surface area contributed by atoms with Crippen LogP contribution < -0.4 is 9.62 Å². The fraction of sp³-hybridized carbons (Fsp3) is 0.107. The van der Waals surface area contributed by atoms with E-state index in [9.17, 15) is 22.4 Å². The standard InChI is InChI=1S/C28H22FN3O5S/c29-20-10-15-26(30-17-20)27(33)24-8-4-5-9-25(24)31-38(35,36)23-13-11-21(12-14-23)32-18-22(37-28(32)34)16-19-6-2-1-3-7-19/h1-15,17,22,31H,16,18H2. The maximum Gasteiger partial charge on any atom is 0.414 e. The molecule has 1 atom stereocenters. The molecule has 4 aromatic rings. The van der Waals surface area contributed by atoms with Gasteiger partial charge in [-0.25, -0.2) is 22.6 Å². The van der Waals surface area contributed by atoms with Gasteiger partial charge in [-0.05, 0) is 54.1 Å². The molecule has 0 aliphatic carbocycles. The number of pyridine rings is 1. The number of nitrogens with one attached hydrogen (secondary N) is 1. The van der Waals surface area contributed by atoms with Crippen molar-refractivity contribution in [3.8, 4) is 0 Å². The molecule has 1 unspecified atom stereocenters. The van der Waals surface area contributed by atoms with Crippen LogP contribution in [0.1, 0.15) is 21.6 Å². The van der Waals surface area contributed by atoms with Gasteiger partial charge in [-0.1, -0.05) is 42.5 Å². The Bertz CT molecular complexity index is 1580. The Morgan fingerprint density at radius 3 is 2.39 bits per heavy atom. The molecule has 192 valence electrons. The molecule has 8 nitrogen and oxygen atoms in total. The van der Waals surface area contributed by atoms with Crippen LogP contribution in [0.5, 0.6) is 0 Å². The van der Waals surface area contributed by atoms with Gasteiger partial charge in [-0.3, -0.25) is 14.4 Å². The topological polar surface area (TPSA) is 106 Å². The number of para-hydroxylation sites is 1. The number of amides is 1. The van der Waals surface area contributed by atoms with Crippen molar-refractivity contribution < 1.29 is 27.1 Å². The van der Waals surface area contributed by atoms with E-state index in [0.717, 1.165) is 17.8 Å². The van der Waals surface area contributed by atoms with Gasteiger partial charge < -0.3 is 4.74 Å². The Morgan fingerprint density at radius 2 is 1.68 bits per heavy atom. The Balaban J connectivity index is 1.31. The van der Waals surface area contributed by atoms with Crippen LogP contribution in [0.3, 0.4) is 0 Å². The molecule has 1 amide bonds. The summed E-state index contributed by atoms with van der Waals surface area (Å²) < 4.78 is 47.4. The number of carbonyl (C=O) groups excluding carboxylic acids is 2. The van der Waals surface area contributed by atoms with Gasteiger partial charge in [0.05, 0.1) is 23.3 Å². The number of hydrogen-bond donors (Lipinski definition) is 1. The van der Waals surface area contributed by atoms with Gasteiger partial charge in [-0.2, -0.15) is 0 Å². The second kappa shape index (κ2) is 10.4. The number of cyclic esters (lactones) is 1. The highest BCUT2D eigenvalue weighted by atomic mass is 32.2. The molecule has 1 aromatic heterocycles. The first-order chi connectivity index (χ1) is 18.3. The third-order valence-electron chi connectivity index (χ3n) is 6.02. The molecule has 3 aromatic carbocycles. The fourth-order valence-electron chi connectivity index (χ4n) is 4.14. The number of ether oxygens (including phenoxy) is 1. The number of anilines is 2. The molecule has 38 heavy (non-hydrogen) atoms. The van der Waals surface area contributed by atoms with E-state index in [-0.39, 0.29) is 27.9 Å². The van der Waals surface area contributed by atoms with Gasteiger partial charge in [0.2, 0.25) is 5.78 Å². The molecule has 1 aliphatic heterocycles. The van der Waals surface area contributed by atoms with Crippen molar-refractivity contribution in [1.82, 2.24) is 4.98 Å². The average Bonchev–Trinajstić information content (AvgIpc) is 3.29. The van der Waals surface area contributed by atoms with Crippen LogP contribution in [0.25, 0.3) is 0 Å². The van der Waals surface area contributed by atoms with E-state index in [1.54, 1.807) is 12.1 Å². The van der Waals surface area contributed by atoms with Crippen molar-refractivity contribution in [3.05, 3.63) is 120 Å². The van der Waals surface area contributed by atoms with E-state index in [1.165, 1.54) is 47.4 Å². The van der Waals surface area contributed by atoms with Crippen LogP contribution in [-0.4, -0.2) is 37.9 Å². The molecule has 0 saturated carbocycles. The van der Waals surface area contributed by atoms with Gasteiger partial charge in [0.25, 0.3) is 10.0 Å². The van der Waals surface area contributed by atoms with Crippen LogP contribution in [-0.2, 0) is 21.2 Å². The van der Waals surface area contributed by atoms with Crippen molar-refractivity contribution in [3.63, 3.8) is 0 Å². The number of hydrogen-bond acceptors (Lipinski definition) is 6. The largest absolute Gasteiger partial charge is 0.444 e. The number of sulfonamides is 1. The van der Waals surface area contributed by atoms with E-state index in [4.69, 9.17) is 4.74 Å². The summed E-state index contributed by atoms with van der Waals surface area (Å²) >= 11 is 0. The highest BCUT2D eigenvalue weighted by molar-refractivity contribution is 7.92. The number of ketones is 1. The van der Waals surface area contributed by atoms with Gasteiger partial charge >= 0.3 is 6.09 Å². The quantitative estimate of drug-likeness (QED) is 0.327. The monoisotopic (exact) mass is 531 g/mol. The summed E-state index contributed by atoms with van der Waals surface area (Å²) in [6.45, 7) is 0.338. The molecule has 0 spiro atoms. The van der Waals surface area contributed by atoms with Crippen LogP contribution >= 0.6 is 0 Å². The summed E-state index contributed by atoms with van der Waals surface area (Å²) in [6.07, 6.45) is 0.674. The van der Waals surface area contributed by atoms with Crippen molar-refractivity contribution in [2.75, 3.05) is 16.2 Å². The Kier molecular flexibility index (Phi) is 6.89. The predicted molar refractivity (Wildman–Crippen MR) is 139 cm³/mol. The predicted octanol–water partition coefficient (Wildman–Crippen LogP) is 4.82. The van der Waals surface area contributed by atoms with Crippen molar-refractivity contribution in [1.29, 1.82) is 0 Å². The van der Waals surface area contributed by atoms with Crippen molar-refractivity contribution in [2.45, 2.75) is 17.4 Å². The Hall–Kier alpha value is -4.57. The molecule has 5 rings (SSSR count). The molecule has 1 fully saturated rings. The number of rotatable bonds is 8. The lowest BCUT2D eigenvalue weighted by Crippen LogP contribution is -2.25. The molecule has 1 N–H and O–H groups in total. The van der Waals surface area contributed by atoms with Gasteiger partial charge in [0, 0.05) is 17.7 Å². The second-order valence-electron chi connectivity index (χ2n) is 8.64. The van der Waals surface area contributed by atoms with Crippen LogP contribution in [0.15, 0.2) is 102 Å². The summed E-state index contributed by atoms with van der Waals surface area (Å²) in [4.78, 5) is 30.5. The molecule has 0 bridgehead atoms. The lowest BCUT2D eigenvalue weighted by Gasteiger charge is -2.15. The first-order valence-electron chi connectivity index (χ1n) is 11.7. The smallest absolute Gasteiger partial charge is 0.414 e. The van der Waals surface area contributed by atoms with E-state index < -0.39 is 27.7 Å². The first kappa shape index (κ1) is 25.1. The van der Waals surface area contributed by atoms with Gasteiger partial charge in [0.1, 0.15) is 17.6 Å². The second-order valence-corrected chi connectivity index (χ2v) is 10.3. The molecule has 2 heterocycles. The van der Waals surface area contributed by atoms with Crippen LogP contribution in [0, 0.1) is 5.82 Å². The highest BCUT2D eigenvalue weighted by Gasteiger charge is 2.32. The maximum atomic E-state index is 13.2. The van der Waals surface area contributed by atoms with Crippen molar-refractivity contribution in [2.24, 2.45) is 0 Å². The minimum Gasteiger partial charge on any atom is -0.444 e. The number of aromatic nitrogens is 1. The summed E-state index contributed by atoms with van der Waals surface area (Å²) in [7, 11) is -4.08. The zero-order valence-electron chi connectivity index (χ0n) is 20.0. The minimum absolute atomic E-state index is 0.0227. The van der Waals surface area contributed by atoms with Gasteiger partial charge in [-0.15, -0.1) is 0 Å². The molecular formula is C28H22FN3O5S. The normalized spacial score (nSPS) is 15.2. The number of carbonyl (C=O) groups is 2. The molecule has 0 radical (unpaired) electrons. The van der Waals surface area contributed by atoms with E-state index >= 15 is 0 Å². The van der Waals surface area contributed by atoms with E-state index in [0.29, 0.717) is 18.7 Å². The van der Waals surface area contributed by atoms with E-state index in [1.807, 2.05) is 30.3 Å². The third-order valence-corrected chi connectivity index (χ3v) is 7.40.